The minimum Gasteiger partial charge on any atom is -0.490 e. The Morgan fingerprint density at radius 1 is 0.655 bits per heavy atom. The number of carbonyl (C=O) groups excluding carboxylic acids is 1. The molecular formula is C25H31NO3. The van der Waals surface area contributed by atoms with Crippen molar-refractivity contribution in [3.63, 3.8) is 0 Å². The summed E-state index contributed by atoms with van der Waals surface area (Å²) in [5, 5.41) is 2.95. The first-order valence-corrected chi connectivity index (χ1v) is 11.1. The monoisotopic (exact) mass is 393 g/mol. The van der Waals surface area contributed by atoms with Crippen LogP contribution in [0, 0.1) is 0 Å². The van der Waals surface area contributed by atoms with E-state index in [-0.39, 0.29) is 5.91 Å². The third-order valence-corrected chi connectivity index (χ3v) is 5.94. The van der Waals surface area contributed by atoms with Crippen LogP contribution < -0.4 is 14.8 Å². The molecule has 4 heteroatoms. The highest BCUT2D eigenvalue weighted by atomic mass is 16.5. The summed E-state index contributed by atoms with van der Waals surface area (Å²) in [4.78, 5) is 12.5. The van der Waals surface area contributed by atoms with Crippen LogP contribution in [-0.2, 0) is 0 Å². The fourth-order valence-corrected chi connectivity index (χ4v) is 4.26. The van der Waals surface area contributed by atoms with Gasteiger partial charge in [-0.25, -0.2) is 0 Å². The first-order valence-electron chi connectivity index (χ1n) is 11.1. The minimum absolute atomic E-state index is 0.116. The lowest BCUT2D eigenvalue weighted by atomic mass is 9.98. The normalized spacial score (nSPS) is 18.2. The summed E-state index contributed by atoms with van der Waals surface area (Å²) >= 11 is 0. The SMILES string of the molecule is O=C(Nc1ccc(OC2CCCCC2)cc1)c1ccc(OC2CCCCC2)cc1. The number of rotatable bonds is 6. The van der Waals surface area contributed by atoms with E-state index in [4.69, 9.17) is 9.47 Å². The van der Waals surface area contributed by atoms with Gasteiger partial charge in [-0.05, 0) is 99.9 Å². The zero-order chi connectivity index (χ0) is 19.9. The van der Waals surface area contributed by atoms with E-state index >= 15 is 0 Å². The zero-order valence-corrected chi connectivity index (χ0v) is 17.1. The van der Waals surface area contributed by atoms with E-state index in [2.05, 4.69) is 5.32 Å². The molecule has 0 aromatic heterocycles. The predicted octanol–water partition coefficient (Wildman–Crippen LogP) is 6.36. The van der Waals surface area contributed by atoms with Crippen LogP contribution in [0.1, 0.15) is 74.6 Å². The van der Waals surface area contributed by atoms with E-state index in [1.165, 1.54) is 38.5 Å². The number of hydrogen-bond donors (Lipinski definition) is 1. The number of anilines is 1. The smallest absolute Gasteiger partial charge is 0.255 e. The Morgan fingerprint density at radius 2 is 1.10 bits per heavy atom. The van der Waals surface area contributed by atoms with Crippen molar-refractivity contribution in [1.29, 1.82) is 0 Å². The summed E-state index contributed by atoms with van der Waals surface area (Å²) in [6.07, 6.45) is 12.8. The van der Waals surface area contributed by atoms with E-state index in [1.807, 2.05) is 48.5 Å². The number of carbonyl (C=O) groups is 1. The Labute approximate surface area is 173 Å². The summed E-state index contributed by atoms with van der Waals surface area (Å²) in [6.45, 7) is 0. The number of ether oxygens (including phenoxy) is 2. The molecule has 0 atom stereocenters. The Bertz CT molecular complexity index is 773. The van der Waals surface area contributed by atoms with Gasteiger partial charge in [0.05, 0.1) is 12.2 Å². The van der Waals surface area contributed by atoms with Gasteiger partial charge in [0.1, 0.15) is 11.5 Å². The van der Waals surface area contributed by atoms with Crippen molar-refractivity contribution in [1.82, 2.24) is 0 Å². The molecule has 2 aliphatic rings. The first kappa shape index (κ1) is 19.8. The highest BCUT2D eigenvalue weighted by molar-refractivity contribution is 6.04. The van der Waals surface area contributed by atoms with Crippen molar-refractivity contribution in [2.75, 3.05) is 5.32 Å². The van der Waals surface area contributed by atoms with Gasteiger partial charge in [0.2, 0.25) is 0 Å². The topological polar surface area (TPSA) is 47.6 Å². The van der Waals surface area contributed by atoms with Gasteiger partial charge in [-0.3, -0.25) is 4.79 Å². The standard InChI is InChI=1S/C25H31NO3/c27-25(19-11-15-23(16-12-19)28-21-7-3-1-4-8-21)26-20-13-17-24(18-14-20)29-22-9-5-2-6-10-22/h11-18,21-22H,1-10H2,(H,26,27). The van der Waals surface area contributed by atoms with Gasteiger partial charge >= 0.3 is 0 Å². The Balaban J connectivity index is 1.29. The molecule has 1 amide bonds. The van der Waals surface area contributed by atoms with Crippen LogP contribution in [0.25, 0.3) is 0 Å². The van der Waals surface area contributed by atoms with Gasteiger partial charge in [0.15, 0.2) is 0 Å². The van der Waals surface area contributed by atoms with Crippen LogP contribution in [0.15, 0.2) is 48.5 Å². The van der Waals surface area contributed by atoms with Crippen molar-refractivity contribution in [3.05, 3.63) is 54.1 Å². The van der Waals surface area contributed by atoms with E-state index in [1.54, 1.807) is 0 Å². The second-order valence-corrected chi connectivity index (χ2v) is 8.26. The van der Waals surface area contributed by atoms with Crippen LogP contribution in [-0.4, -0.2) is 18.1 Å². The lowest BCUT2D eigenvalue weighted by Crippen LogP contribution is -2.19. The van der Waals surface area contributed by atoms with Crippen molar-refractivity contribution >= 4 is 11.6 Å². The van der Waals surface area contributed by atoms with Gasteiger partial charge in [0.25, 0.3) is 5.91 Å². The molecule has 0 saturated heterocycles. The van der Waals surface area contributed by atoms with Crippen molar-refractivity contribution in [2.24, 2.45) is 0 Å². The predicted molar refractivity (Wildman–Crippen MR) is 116 cm³/mol. The summed E-state index contributed by atoms with van der Waals surface area (Å²) in [7, 11) is 0. The molecule has 0 spiro atoms. The molecule has 0 bridgehead atoms. The summed E-state index contributed by atoms with van der Waals surface area (Å²) < 4.78 is 12.1. The van der Waals surface area contributed by atoms with Crippen molar-refractivity contribution < 1.29 is 14.3 Å². The van der Waals surface area contributed by atoms with Crippen molar-refractivity contribution in [3.8, 4) is 11.5 Å². The fraction of sp³-hybridized carbons (Fsp3) is 0.480. The molecule has 0 unspecified atom stereocenters. The highest BCUT2D eigenvalue weighted by Gasteiger charge is 2.16. The number of amides is 1. The highest BCUT2D eigenvalue weighted by Crippen LogP contribution is 2.25. The van der Waals surface area contributed by atoms with Crippen LogP contribution in [0.3, 0.4) is 0 Å². The van der Waals surface area contributed by atoms with Crippen molar-refractivity contribution in [2.45, 2.75) is 76.4 Å². The molecular weight excluding hydrogens is 362 g/mol. The molecule has 2 aromatic rings. The molecule has 0 radical (unpaired) electrons. The van der Waals surface area contributed by atoms with E-state index in [0.29, 0.717) is 17.8 Å². The van der Waals surface area contributed by atoms with Crippen LogP contribution in [0.2, 0.25) is 0 Å². The summed E-state index contributed by atoms with van der Waals surface area (Å²) in [5.41, 5.74) is 1.40. The van der Waals surface area contributed by atoms with Gasteiger partial charge in [0, 0.05) is 11.3 Å². The van der Waals surface area contributed by atoms with Gasteiger partial charge in [-0.15, -0.1) is 0 Å². The van der Waals surface area contributed by atoms with Gasteiger partial charge in [-0.1, -0.05) is 12.8 Å². The third kappa shape index (κ3) is 5.75. The lowest BCUT2D eigenvalue weighted by molar-refractivity contribution is 0.102. The molecule has 4 nitrogen and oxygen atoms in total. The largest absolute Gasteiger partial charge is 0.490 e. The maximum atomic E-state index is 12.5. The number of hydrogen-bond acceptors (Lipinski definition) is 3. The summed E-state index contributed by atoms with van der Waals surface area (Å²) in [5.74, 6) is 1.60. The summed E-state index contributed by atoms with van der Waals surface area (Å²) in [6, 6.07) is 15.1. The molecule has 2 saturated carbocycles. The number of benzene rings is 2. The fourth-order valence-electron chi connectivity index (χ4n) is 4.26. The zero-order valence-electron chi connectivity index (χ0n) is 17.1. The average Bonchev–Trinajstić information content (AvgIpc) is 2.77. The molecule has 0 heterocycles. The molecule has 2 aromatic carbocycles. The van der Waals surface area contributed by atoms with E-state index in [9.17, 15) is 4.79 Å². The minimum atomic E-state index is -0.116. The van der Waals surface area contributed by atoms with Gasteiger partial charge < -0.3 is 14.8 Å². The van der Waals surface area contributed by atoms with Gasteiger partial charge in [-0.2, -0.15) is 0 Å². The molecule has 4 rings (SSSR count). The Morgan fingerprint density at radius 3 is 1.59 bits per heavy atom. The van der Waals surface area contributed by atoms with E-state index in [0.717, 1.165) is 42.9 Å². The third-order valence-electron chi connectivity index (χ3n) is 5.94. The van der Waals surface area contributed by atoms with Crippen LogP contribution in [0.4, 0.5) is 5.69 Å². The molecule has 154 valence electrons. The molecule has 0 aliphatic heterocycles. The lowest BCUT2D eigenvalue weighted by Gasteiger charge is -2.23. The second kappa shape index (κ2) is 9.82. The van der Waals surface area contributed by atoms with Crippen LogP contribution >= 0.6 is 0 Å². The molecule has 2 aliphatic carbocycles. The first-order chi connectivity index (χ1) is 14.3. The quantitative estimate of drug-likeness (QED) is 0.621. The average molecular weight is 394 g/mol. The van der Waals surface area contributed by atoms with E-state index < -0.39 is 0 Å². The second-order valence-electron chi connectivity index (χ2n) is 8.26. The molecule has 2 fully saturated rings. The Hall–Kier alpha value is -2.49. The maximum absolute atomic E-state index is 12.5. The molecule has 29 heavy (non-hydrogen) atoms. The Kier molecular flexibility index (Phi) is 6.71. The maximum Gasteiger partial charge on any atom is 0.255 e. The molecule has 1 N–H and O–H groups in total. The number of nitrogens with one attached hydrogen (secondary N) is 1. The van der Waals surface area contributed by atoms with Crippen LogP contribution in [0.5, 0.6) is 11.5 Å².